The van der Waals surface area contributed by atoms with E-state index in [1.165, 1.54) is 12.4 Å². The fraction of sp³-hybridized carbons (Fsp3) is 0.182. The summed E-state index contributed by atoms with van der Waals surface area (Å²) in [6.45, 7) is 1.92. The lowest BCUT2D eigenvalue weighted by Gasteiger charge is -2.03. The summed E-state index contributed by atoms with van der Waals surface area (Å²) in [6, 6.07) is 1.56. The highest BCUT2D eigenvalue weighted by atomic mass is 79.9. The van der Waals surface area contributed by atoms with E-state index in [0.29, 0.717) is 15.5 Å². The van der Waals surface area contributed by atoms with Crippen LogP contribution in [0.4, 0.5) is 0 Å². The Hall–Kier alpha value is -1.69. The first-order valence-corrected chi connectivity index (χ1v) is 5.77. The molecule has 2 heterocycles. The first-order chi connectivity index (χ1) is 8.15. The summed E-state index contributed by atoms with van der Waals surface area (Å²) in [6.07, 6.45) is 2.84. The van der Waals surface area contributed by atoms with Gasteiger partial charge in [0.05, 0.1) is 17.5 Å². The third-order valence-corrected chi connectivity index (χ3v) is 2.85. The predicted molar refractivity (Wildman–Crippen MR) is 66.0 cm³/mol. The number of fused-ring (bicyclic) bond motifs is 1. The van der Waals surface area contributed by atoms with Crippen molar-refractivity contribution in [2.75, 3.05) is 6.61 Å². The van der Waals surface area contributed by atoms with E-state index in [2.05, 4.69) is 25.9 Å². The van der Waals surface area contributed by atoms with Gasteiger partial charge in [-0.3, -0.25) is 4.79 Å². The van der Waals surface area contributed by atoms with Crippen LogP contribution in [0.2, 0.25) is 0 Å². The molecule has 88 valence electrons. The molecular weight excluding hydrogens is 288 g/mol. The predicted octanol–water partition coefficient (Wildman–Crippen LogP) is 1.86. The number of H-pyrrole nitrogens is 1. The van der Waals surface area contributed by atoms with E-state index in [9.17, 15) is 9.59 Å². The summed E-state index contributed by atoms with van der Waals surface area (Å²) >= 11 is 3.23. The Balaban J connectivity index is 2.67. The van der Waals surface area contributed by atoms with Crippen molar-refractivity contribution in [2.45, 2.75) is 6.92 Å². The monoisotopic (exact) mass is 296 g/mol. The van der Waals surface area contributed by atoms with Crippen molar-refractivity contribution in [1.82, 2.24) is 9.97 Å². The summed E-state index contributed by atoms with van der Waals surface area (Å²) in [5, 5.41) is 0.400. The molecular formula is C11H9BrN2O3. The molecule has 2 rings (SSSR count). The Morgan fingerprint density at radius 3 is 3.06 bits per heavy atom. The summed E-state index contributed by atoms with van der Waals surface area (Å²) < 4.78 is 5.33. The number of rotatable bonds is 2. The molecule has 0 aromatic carbocycles. The fourth-order valence-electron chi connectivity index (χ4n) is 1.48. The Morgan fingerprint density at radius 1 is 1.59 bits per heavy atom. The van der Waals surface area contributed by atoms with Gasteiger partial charge in [0, 0.05) is 12.4 Å². The summed E-state index contributed by atoms with van der Waals surface area (Å²) in [5.41, 5.74) is 0.197. The number of aromatic amines is 1. The maximum atomic E-state index is 12.0. The van der Waals surface area contributed by atoms with E-state index in [0.717, 1.165) is 0 Å². The molecule has 0 fully saturated rings. The maximum Gasteiger partial charge on any atom is 0.343 e. The van der Waals surface area contributed by atoms with E-state index >= 15 is 0 Å². The van der Waals surface area contributed by atoms with Crippen LogP contribution in [0.1, 0.15) is 17.3 Å². The number of halogens is 1. The van der Waals surface area contributed by atoms with Gasteiger partial charge < -0.3 is 9.72 Å². The molecule has 0 aliphatic carbocycles. The number of aromatic nitrogens is 2. The highest BCUT2D eigenvalue weighted by Gasteiger charge is 2.14. The van der Waals surface area contributed by atoms with Gasteiger partial charge in [0.15, 0.2) is 0 Å². The summed E-state index contributed by atoms with van der Waals surface area (Å²) in [7, 11) is 0. The van der Waals surface area contributed by atoms with Crippen LogP contribution in [-0.4, -0.2) is 22.5 Å². The lowest BCUT2D eigenvalue weighted by atomic mass is 10.2. The van der Waals surface area contributed by atoms with Gasteiger partial charge in [-0.1, -0.05) is 0 Å². The number of carbonyl (C=O) groups is 1. The number of ether oxygens (including phenoxy) is 1. The van der Waals surface area contributed by atoms with Gasteiger partial charge >= 0.3 is 5.97 Å². The second-order valence-corrected chi connectivity index (χ2v) is 4.03. The molecule has 0 saturated heterocycles. The molecule has 2 aromatic rings. The standard InChI is InChI=1S/C11H9BrN2O3/c1-2-17-11(16)7-5-14-8-6(9(7)15)3-4-13-10(8)12/h3-5H,2H2,1H3,(H,14,15). The zero-order chi connectivity index (χ0) is 12.4. The molecule has 0 saturated carbocycles. The molecule has 0 unspecified atom stereocenters. The van der Waals surface area contributed by atoms with E-state index < -0.39 is 5.97 Å². The number of nitrogens with one attached hydrogen (secondary N) is 1. The zero-order valence-corrected chi connectivity index (χ0v) is 10.6. The molecule has 0 atom stereocenters. The van der Waals surface area contributed by atoms with Crippen LogP contribution in [0.25, 0.3) is 10.9 Å². The Bertz CT molecular complexity index is 636. The number of esters is 1. The third-order valence-electron chi connectivity index (χ3n) is 2.25. The molecule has 5 nitrogen and oxygen atoms in total. The van der Waals surface area contributed by atoms with Gasteiger partial charge in [-0.05, 0) is 28.9 Å². The quantitative estimate of drug-likeness (QED) is 0.678. The van der Waals surface area contributed by atoms with Crippen molar-refractivity contribution >= 4 is 32.8 Å². The van der Waals surface area contributed by atoms with E-state index in [1.807, 2.05) is 0 Å². The van der Waals surface area contributed by atoms with Crippen molar-refractivity contribution in [3.8, 4) is 0 Å². The van der Waals surface area contributed by atoms with Crippen LogP contribution < -0.4 is 5.43 Å². The van der Waals surface area contributed by atoms with Gasteiger partial charge in [0.25, 0.3) is 0 Å². The average Bonchev–Trinajstić information content (AvgIpc) is 2.31. The van der Waals surface area contributed by atoms with Crippen LogP contribution in [0, 0.1) is 0 Å². The summed E-state index contributed by atoms with van der Waals surface area (Å²) in [4.78, 5) is 30.4. The second-order valence-electron chi connectivity index (χ2n) is 3.28. The number of carbonyl (C=O) groups excluding carboxylic acids is 1. The van der Waals surface area contributed by atoms with Crippen molar-refractivity contribution in [1.29, 1.82) is 0 Å². The minimum atomic E-state index is -0.622. The molecule has 0 amide bonds. The highest BCUT2D eigenvalue weighted by Crippen LogP contribution is 2.16. The van der Waals surface area contributed by atoms with E-state index in [4.69, 9.17) is 4.74 Å². The van der Waals surface area contributed by atoms with E-state index in [1.54, 1.807) is 13.0 Å². The Kier molecular flexibility index (Phi) is 3.23. The highest BCUT2D eigenvalue weighted by molar-refractivity contribution is 9.10. The van der Waals surface area contributed by atoms with E-state index in [-0.39, 0.29) is 17.6 Å². The Labute approximate surface area is 105 Å². The zero-order valence-electron chi connectivity index (χ0n) is 8.99. The normalized spacial score (nSPS) is 10.5. The summed E-state index contributed by atoms with van der Waals surface area (Å²) in [5.74, 6) is -0.622. The first-order valence-electron chi connectivity index (χ1n) is 4.98. The van der Waals surface area contributed by atoms with Gasteiger partial charge in [-0.25, -0.2) is 9.78 Å². The SMILES string of the molecule is CCOC(=O)c1c[nH]c2c(Br)nccc2c1=O. The van der Waals surface area contributed by atoms with Gasteiger partial charge in [0.2, 0.25) is 5.43 Å². The lowest BCUT2D eigenvalue weighted by Crippen LogP contribution is -2.18. The molecule has 0 radical (unpaired) electrons. The molecule has 0 aliphatic rings. The van der Waals surface area contributed by atoms with Gasteiger partial charge in [-0.15, -0.1) is 0 Å². The third kappa shape index (κ3) is 2.08. The van der Waals surface area contributed by atoms with Crippen molar-refractivity contribution in [3.05, 3.63) is 38.9 Å². The average molecular weight is 297 g/mol. The molecule has 0 spiro atoms. The smallest absolute Gasteiger partial charge is 0.343 e. The Morgan fingerprint density at radius 2 is 2.35 bits per heavy atom. The number of nitrogens with zero attached hydrogens (tertiary/aromatic N) is 1. The first kappa shape index (κ1) is 11.8. The number of pyridine rings is 2. The number of hydrogen-bond acceptors (Lipinski definition) is 4. The van der Waals surface area contributed by atoms with Crippen LogP contribution in [0.3, 0.4) is 0 Å². The van der Waals surface area contributed by atoms with Crippen LogP contribution in [0.5, 0.6) is 0 Å². The van der Waals surface area contributed by atoms with Gasteiger partial charge in [0.1, 0.15) is 10.2 Å². The van der Waals surface area contributed by atoms with Crippen molar-refractivity contribution in [2.24, 2.45) is 0 Å². The number of hydrogen-bond donors (Lipinski definition) is 1. The molecule has 1 N–H and O–H groups in total. The fourth-order valence-corrected chi connectivity index (χ4v) is 1.92. The molecule has 6 heteroatoms. The van der Waals surface area contributed by atoms with Gasteiger partial charge in [-0.2, -0.15) is 0 Å². The van der Waals surface area contributed by atoms with Crippen LogP contribution in [0.15, 0.2) is 27.9 Å². The second kappa shape index (κ2) is 4.67. The van der Waals surface area contributed by atoms with Crippen LogP contribution in [-0.2, 0) is 4.74 Å². The molecule has 2 aromatic heterocycles. The molecule has 0 bridgehead atoms. The topological polar surface area (TPSA) is 72.1 Å². The van der Waals surface area contributed by atoms with Crippen molar-refractivity contribution < 1.29 is 9.53 Å². The van der Waals surface area contributed by atoms with Crippen molar-refractivity contribution in [3.63, 3.8) is 0 Å². The molecule has 0 aliphatic heterocycles. The minimum absolute atomic E-state index is 0.00236. The largest absolute Gasteiger partial charge is 0.462 e. The lowest BCUT2D eigenvalue weighted by molar-refractivity contribution is 0.0524. The van der Waals surface area contributed by atoms with Crippen LogP contribution >= 0.6 is 15.9 Å². The molecule has 17 heavy (non-hydrogen) atoms. The maximum absolute atomic E-state index is 12.0. The minimum Gasteiger partial charge on any atom is -0.462 e.